The van der Waals surface area contributed by atoms with Gasteiger partial charge in [0.1, 0.15) is 17.3 Å². The monoisotopic (exact) mass is 491 g/mol. The number of nitrogens with one attached hydrogen (secondary N) is 1. The van der Waals surface area contributed by atoms with E-state index >= 15 is 0 Å². The summed E-state index contributed by atoms with van der Waals surface area (Å²) in [6, 6.07) is 19.2. The van der Waals surface area contributed by atoms with Crippen molar-refractivity contribution in [1.82, 2.24) is 14.9 Å². The molecule has 0 unspecified atom stereocenters. The number of halogens is 1. The predicted octanol–water partition coefficient (Wildman–Crippen LogP) is 6.10. The molecule has 0 fully saturated rings. The number of ether oxygens (including phenoxy) is 2. The number of para-hydroxylation sites is 3. The Morgan fingerprint density at radius 2 is 1.74 bits per heavy atom. The Bertz CT molecular complexity index is 1310. The van der Waals surface area contributed by atoms with E-state index in [0.29, 0.717) is 24.5 Å². The molecule has 1 amide bonds. The molecule has 0 aliphatic heterocycles. The van der Waals surface area contributed by atoms with Crippen LogP contribution in [-0.4, -0.2) is 29.2 Å². The van der Waals surface area contributed by atoms with Crippen LogP contribution in [0.2, 0.25) is 5.02 Å². The lowest BCUT2D eigenvalue weighted by Crippen LogP contribution is -2.25. The number of nitrogens with zero attached hydrogens (tertiary/aromatic N) is 2. The molecule has 4 aromatic rings. The predicted molar refractivity (Wildman–Crippen MR) is 140 cm³/mol. The standard InChI is InChI=1S/C28H30ClN3O3/c1-19-16-21(17-20(2)27(19)29)35-15-9-8-14-32-24-12-6-5-11-23(24)31-26(32)18-30-28(33)22-10-4-7-13-25(22)34-3/h4-7,10-13,16-17H,8-9,14-15,18H2,1-3H3,(H,30,33). The Kier molecular flexibility index (Phi) is 7.93. The highest BCUT2D eigenvalue weighted by Crippen LogP contribution is 2.26. The number of unbranched alkanes of at least 4 members (excludes halogenated alkanes) is 1. The molecule has 0 bridgehead atoms. The summed E-state index contributed by atoms with van der Waals surface area (Å²) in [5, 5.41) is 3.78. The first-order valence-corrected chi connectivity index (χ1v) is 12.1. The van der Waals surface area contributed by atoms with Crippen LogP contribution >= 0.6 is 11.6 Å². The fourth-order valence-corrected chi connectivity index (χ4v) is 4.26. The van der Waals surface area contributed by atoms with Gasteiger partial charge in [0.15, 0.2) is 0 Å². The number of hydrogen-bond acceptors (Lipinski definition) is 4. The lowest BCUT2D eigenvalue weighted by atomic mass is 10.1. The molecule has 0 radical (unpaired) electrons. The molecule has 4 rings (SSSR count). The van der Waals surface area contributed by atoms with Gasteiger partial charge >= 0.3 is 0 Å². The number of rotatable bonds is 10. The molecule has 6 nitrogen and oxygen atoms in total. The zero-order chi connectivity index (χ0) is 24.8. The second-order valence-corrected chi connectivity index (χ2v) is 8.86. The largest absolute Gasteiger partial charge is 0.496 e. The van der Waals surface area contributed by atoms with Crippen molar-refractivity contribution in [3.63, 3.8) is 0 Å². The number of aromatic nitrogens is 2. The molecular weight excluding hydrogens is 462 g/mol. The summed E-state index contributed by atoms with van der Waals surface area (Å²) in [4.78, 5) is 17.5. The number of carbonyl (C=O) groups excluding carboxylic acids is 1. The van der Waals surface area contributed by atoms with Crippen LogP contribution in [0.15, 0.2) is 60.7 Å². The molecule has 7 heteroatoms. The molecule has 1 aromatic heterocycles. The Balaban J connectivity index is 1.39. The summed E-state index contributed by atoms with van der Waals surface area (Å²) in [7, 11) is 1.56. The minimum absolute atomic E-state index is 0.192. The van der Waals surface area contributed by atoms with Crippen molar-refractivity contribution in [3.8, 4) is 11.5 Å². The van der Waals surface area contributed by atoms with Crippen LogP contribution in [-0.2, 0) is 13.1 Å². The van der Waals surface area contributed by atoms with Crippen molar-refractivity contribution in [3.05, 3.63) is 88.2 Å². The van der Waals surface area contributed by atoms with Gasteiger partial charge in [-0.1, -0.05) is 35.9 Å². The first-order valence-electron chi connectivity index (χ1n) is 11.7. The number of methoxy groups -OCH3 is 1. The summed E-state index contributed by atoms with van der Waals surface area (Å²) >= 11 is 6.25. The van der Waals surface area contributed by atoms with Gasteiger partial charge in [-0.05, 0) is 74.2 Å². The minimum atomic E-state index is -0.192. The van der Waals surface area contributed by atoms with E-state index < -0.39 is 0 Å². The van der Waals surface area contributed by atoms with Crippen LogP contribution in [0.1, 0.15) is 40.2 Å². The molecular formula is C28H30ClN3O3. The average molecular weight is 492 g/mol. The average Bonchev–Trinajstić information content (AvgIpc) is 3.22. The highest BCUT2D eigenvalue weighted by molar-refractivity contribution is 6.32. The molecule has 182 valence electrons. The molecule has 1 N–H and O–H groups in total. The summed E-state index contributed by atoms with van der Waals surface area (Å²) < 4.78 is 13.4. The Morgan fingerprint density at radius 3 is 2.51 bits per heavy atom. The van der Waals surface area contributed by atoms with Crippen molar-refractivity contribution < 1.29 is 14.3 Å². The van der Waals surface area contributed by atoms with Gasteiger partial charge in [0.2, 0.25) is 0 Å². The number of carbonyl (C=O) groups is 1. The van der Waals surface area contributed by atoms with Crippen molar-refractivity contribution >= 4 is 28.5 Å². The van der Waals surface area contributed by atoms with E-state index in [0.717, 1.165) is 58.1 Å². The molecule has 1 heterocycles. The van der Waals surface area contributed by atoms with E-state index in [1.54, 1.807) is 19.2 Å². The second-order valence-electron chi connectivity index (χ2n) is 8.48. The molecule has 0 saturated heterocycles. The number of fused-ring (bicyclic) bond motifs is 1. The molecule has 0 aliphatic rings. The quantitative estimate of drug-likeness (QED) is 0.272. The fourth-order valence-electron chi connectivity index (χ4n) is 4.15. The van der Waals surface area contributed by atoms with Gasteiger partial charge < -0.3 is 19.4 Å². The van der Waals surface area contributed by atoms with Gasteiger partial charge in [0, 0.05) is 11.6 Å². The van der Waals surface area contributed by atoms with E-state index in [4.69, 9.17) is 26.1 Å². The fraction of sp³-hybridized carbons (Fsp3) is 0.286. The van der Waals surface area contributed by atoms with Crippen LogP contribution < -0.4 is 14.8 Å². The summed E-state index contributed by atoms with van der Waals surface area (Å²) in [5.74, 6) is 2.02. The summed E-state index contributed by atoms with van der Waals surface area (Å²) in [5.41, 5.74) is 4.51. The molecule has 0 atom stereocenters. The van der Waals surface area contributed by atoms with E-state index in [-0.39, 0.29) is 5.91 Å². The van der Waals surface area contributed by atoms with E-state index in [9.17, 15) is 4.79 Å². The highest BCUT2D eigenvalue weighted by atomic mass is 35.5. The van der Waals surface area contributed by atoms with Crippen LogP contribution in [0.25, 0.3) is 11.0 Å². The number of aryl methyl sites for hydroxylation is 3. The van der Waals surface area contributed by atoms with Gasteiger partial charge in [0.05, 0.1) is 36.9 Å². The highest BCUT2D eigenvalue weighted by Gasteiger charge is 2.15. The topological polar surface area (TPSA) is 65.4 Å². The molecule has 35 heavy (non-hydrogen) atoms. The Morgan fingerprint density at radius 1 is 1.03 bits per heavy atom. The van der Waals surface area contributed by atoms with Gasteiger partial charge in [0.25, 0.3) is 5.91 Å². The number of amides is 1. The number of hydrogen-bond donors (Lipinski definition) is 1. The summed E-state index contributed by atoms with van der Waals surface area (Å²) in [6.07, 6.45) is 1.81. The van der Waals surface area contributed by atoms with Crippen molar-refractivity contribution in [1.29, 1.82) is 0 Å². The normalized spacial score (nSPS) is 11.0. The van der Waals surface area contributed by atoms with Crippen LogP contribution in [0.3, 0.4) is 0 Å². The minimum Gasteiger partial charge on any atom is -0.496 e. The van der Waals surface area contributed by atoms with Gasteiger partial charge in [-0.2, -0.15) is 0 Å². The SMILES string of the molecule is COc1ccccc1C(=O)NCc1nc2ccccc2n1CCCCOc1cc(C)c(Cl)c(C)c1. The van der Waals surface area contributed by atoms with Crippen LogP contribution in [0.5, 0.6) is 11.5 Å². The number of benzene rings is 3. The van der Waals surface area contributed by atoms with E-state index in [1.807, 2.05) is 56.3 Å². The van der Waals surface area contributed by atoms with Crippen LogP contribution in [0, 0.1) is 13.8 Å². The van der Waals surface area contributed by atoms with Crippen molar-refractivity contribution in [2.45, 2.75) is 39.8 Å². The third kappa shape index (κ3) is 5.77. The zero-order valence-corrected chi connectivity index (χ0v) is 21.1. The van der Waals surface area contributed by atoms with Gasteiger partial charge in [-0.15, -0.1) is 0 Å². The maximum Gasteiger partial charge on any atom is 0.255 e. The van der Waals surface area contributed by atoms with Crippen molar-refractivity contribution in [2.75, 3.05) is 13.7 Å². The smallest absolute Gasteiger partial charge is 0.255 e. The second kappa shape index (κ2) is 11.3. The van der Waals surface area contributed by atoms with Gasteiger partial charge in [-0.25, -0.2) is 4.98 Å². The van der Waals surface area contributed by atoms with Crippen LogP contribution in [0.4, 0.5) is 0 Å². The molecule has 3 aromatic carbocycles. The third-order valence-corrected chi connectivity index (χ3v) is 6.54. The van der Waals surface area contributed by atoms with Crippen molar-refractivity contribution in [2.24, 2.45) is 0 Å². The first kappa shape index (κ1) is 24.6. The zero-order valence-electron chi connectivity index (χ0n) is 20.3. The first-order chi connectivity index (χ1) is 17.0. The molecule has 0 saturated carbocycles. The Hall–Kier alpha value is -3.51. The maximum atomic E-state index is 12.8. The molecule has 0 aliphatic carbocycles. The molecule has 0 spiro atoms. The lowest BCUT2D eigenvalue weighted by molar-refractivity contribution is 0.0946. The van der Waals surface area contributed by atoms with E-state index in [2.05, 4.69) is 16.0 Å². The third-order valence-electron chi connectivity index (χ3n) is 5.95. The van der Waals surface area contributed by atoms with E-state index in [1.165, 1.54) is 0 Å². The lowest BCUT2D eigenvalue weighted by Gasteiger charge is -2.12. The summed E-state index contributed by atoms with van der Waals surface area (Å²) in [6.45, 7) is 5.70. The number of imidazole rings is 1. The Labute approximate surface area is 210 Å². The van der Waals surface area contributed by atoms with Gasteiger partial charge in [-0.3, -0.25) is 4.79 Å². The maximum absolute atomic E-state index is 12.8.